The van der Waals surface area contributed by atoms with E-state index in [0.29, 0.717) is 12.1 Å². The van der Waals surface area contributed by atoms with Crippen molar-refractivity contribution in [2.45, 2.75) is 24.1 Å². The topological polar surface area (TPSA) is 77.5 Å². The molecule has 0 spiro atoms. The van der Waals surface area contributed by atoms with Gasteiger partial charge in [0, 0.05) is 23.6 Å². The summed E-state index contributed by atoms with van der Waals surface area (Å²) in [7, 11) is -3.32. The molecule has 0 unspecified atom stereocenters. The van der Waals surface area contributed by atoms with Crippen LogP contribution in [0.4, 0.5) is 5.69 Å². The zero-order chi connectivity index (χ0) is 19.6. The average Bonchev–Trinajstić information content (AvgIpc) is 3.24. The highest BCUT2D eigenvalue weighted by molar-refractivity contribution is 8.01. The van der Waals surface area contributed by atoms with Gasteiger partial charge in [0.1, 0.15) is 0 Å². The highest BCUT2D eigenvalue weighted by Crippen LogP contribution is 2.39. The van der Waals surface area contributed by atoms with Crippen molar-refractivity contribution in [2.75, 3.05) is 23.0 Å². The molecule has 1 N–H and O–H groups in total. The van der Waals surface area contributed by atoms with Gasteiger partial charge in [-0.1, -0.05) is 23.9 Å². The van der Waals surface area contributed by atoms with Gasteiger partial charge in [0.15, 0.2) is 15.8 Å². The molecule has 0 bridgehead atoms. The van der Waals surface area contributed by atoms with E-state index in [9.17, 15) is 8.42 Å². The third kappa shape index (κ3) is 4.71. The molecule has 0 amide bonds. The van der Waals surface area contributed by atoms with Gasteiger partial charge < -0.3 is 9.47 Å². The first-order chi connectivity index (χ1) is 13.5. The summed E-state index contributed by atoms with van der Waals surface area (Å²) in [5.41, 5.74) is 2.54. The highest BCUT2D eigenvalue weighted by Gasteiger charge is 2.16. The van der Waals surface area contributed by atoms with Gasteiger partial charge in [-0.3, -0.25) is 4.72 Å². The van der Waals surface area contributed by atoms with Gasteiger partial charge in [0.25, 0.3) is 0 Å². The third-order valence-electron chi connectivity index (χ3n) is 4.19. The van der Waals surface area contributed by atoms with Crippen LogP contribution < -0.4 is 14.2 Å². The van der Waals surface area contributed by atoms with Crippen molar-refractivity contribution in [2.24, 2.45) is 0 Å². The number of sulfonamides is 1. The Morgan fingerprint density at radius 2 is 2.00 bits per heavy atom. The molecule has 0 aliphatic carbocycles. The number of thioether (sulfide) groups is 1. The fourth-order valence-corrected chi connectivity index (χ4v) is 6.17. The van der Waals surface area contributed by atoms with Gasteiger partial charge in [-0.05, 0) is 37.5 Å². The second-order valence-corrected chi connectivity index (χ2v) is 10.7. The minimum absolute atomic E-state index is 0.114. The van der Waals surface area contributed by atoms with E-state index in [1.807, 2.05) is 37.3 Å². The normalized spacial score (nSPS) is 13.2. The van der Waals surface area contributed by atoms with Crippen molar-refractivity contribution in [1.29, 1.82) is 0 Å². The predicted molar refractivity (Wildman–Crippen MR) is 114 cm³/mol. The fourth-order valence-electron chi connectivity index (χ4n) is 2.85. The van der Waals surface area contributed by atoms with Crippen molar-refractivity contribution in [3.8, 4) is 11.5 Å². The number of nitrogens with zero attached hydrogens (tertiary/aromatic N) is 1. The number of rotatable bonds is 8. The number of aromatic nitrogens is 1. The number of nitrogens with one attached hydrogen (secondary N) is 1. The monoisotopic (exact) mass is 436 g/mol. The highest BCUT2D eigenvalue weighted by atomic mass is 32.2. The van der Waals surface area contributed by atoms with Gasteiger partial charge in [0.2, 0.25) is 16.8 Å². The van der Waals surface area contributed by atoms with Crippen LogP contribution in [0.2, 0.25) is 0 Å². The lowest BCUT2D eigenvalue weighted by Gasteiger charge is -2.08. The first-order valence-electron chi connectivity index (χ1n) is 8.89. The fraction of sp³-hybridized carbons (Fsp3) is 0.316. The molecule has 0 atom stereocenters. The van der Waals surface area contributed by atoms with Crippen molar-refractivity contribution < 1.29 is 17.9 Å². The summed E-state index contributed by atoms with van der Waals surface area (Å²) in [6, 6.07) is 11.2. The largest absolute Gasteiger partial charge is 0.454 e. The SMILES string of the molecule is Cc1cccc(NS(=O)(=O)CCCCSc2nc3cc4c(cc3s2)OCO4)c1. The van der Waals surface area contributed by atoms with E-state index in [4.69, 9.17) is 9.47 Å². The maximum Gasteiger partial charge on any atom is 0.232 e. The molecule has 28 heavy (non-hydrogen) atoms. The number of aryl methyl sites for hydroxylation is 1. The van der Waals surface area contributed by atoms with E-state index in [1.165, 1.54) is 0 Å². The number of unbranched alkanes of at least 4 members (excludes halogenated alkanes) is 1. The molecule has 0 radical (unpaired) electrons. The van der Waals surface area contributed by atoms with Crippen molar-refractivity contribution in [3.05, 3.63) is 42.0 Å². The van der Waals surface area contributed by atoms with Crippen LogP contribution in [-0.2, 0) is 10.0 Å². The van der Waals surface area contributed by atoms with E-state index in [1.54, 1.807) is 29.2 Å². The van der Waals surface area contributed by atoms with Crippen LogP contribution >= 0.6 is 23.1 Å². The molecule has 0 fully saturated rings. The van der Waals surface area contributed by atoms with E-state index in [2.05, 4.69) is 9.71 Å². The Kier molecular flexibility index (Phi) is 5.65. The van der Waals surface area contributed by atoms with Gasteiger partial charge in [-0.15, -0.1) is 11.3 Å². The summed E-state index contributed by atoms with van der Waals surface area (Å²) in [5, 5.41) is 0. The Balaban J connectivity index is 1.25. The van der Waals surface area contributed by atoms with Crippen LogP contribution in [0.1, 0.15) is 18.4 Å². The van der Waals surface area contributed by atoms with Gasteiger partial charge >= 0.3 is 0 Å². The molecule has 2 heterocycles. The molecule has 1 aliphatic rings. The number of hydrogen-bond acceptors (Lipinski definition) is 7. The maximum absolute atomic E-state index is 12.2. The molecule has 4 rings (SSSR count). The van der Waals surface area contributed by atoms with E-state index in [0.717, 1.165) is 43.8 Å². The molecular formula is C19H20N2O4S3. The quantitative estimate of drug-likeness (QED) is 0.409. The van der Waals surface area contributed by atoms with E-state index in [-0.39, 0.29) is 12.5 Å². The minimum atomic E-state index is -3.32. The van der Waals surface area contributed by atoms with Gasteiger partial charge in [0.05, 0.1) is 16.0 Å². The van der Waals surface area contributed by atoms with Gasteiger partial charge in [-0.25, -0.2) is 13.4 Å². The van der Waals surface area contributed by atoms with Crippen LogP contribution in [0.5, 0.6) is 11.5 Å². The number of hydrogen-bond donors (Lipinski definition) is 1. The van der Waals surface area contributed by atoms with E-state index < -0.39 is 10.0 Å². The van der Waals surface area contributed by atoms with Crippen LogP contribution in [0.25, 0.3) is 10.2 Å². The second kappa shape index (κ2) is 8.18. The first-order valence-corrected chi connectivity index (χ1v) is 12.3. The Hall–Kier alpha value is -1.97. The summed E-state index contributed by atoms with van der Waals surface area (Å²) in [4.78, 5) is 4.62. The van der Waals surface area contributed by atoms with Crippen molar-refractivity contribution in [3.63, 3.8) is 0 Å². The van der Waals surface area contributed by atoms with Crippen LogP contribution in [0.15, 0.2) is 40.7 Å². The molecule has 0 saturated heterocycles. The zero-order valence-corrected chi connectivity index (χ0v) is 17.8. The lowest BCUT2D eigenvalue weighted by molar-refractivity contribution is 0.174. The summed E-state index contributed by atoms with van der Waals surface area (Å²) >= 11 is 3.27. The summed E-state index contributed by atoms with van der Waals surface area (Å²) in [5.74, 6) is 2.44. The molecule has 0 saturated carbocycles. The Morgan fingerprint density at radius 3 is 2.82 bits per heavy atom. The Bertz CT molecular complexity index is 1050. The number of fused-ring (bicyclic) bond motifs is 2. The maximum atomic E-state index is 12.2. The molecule has 2 aromatic carbocycles. The van der Waals surface area contributed by atoms with E-state index >= 15 is 0 Å². The summed E-state index contributed by atoms with van der Waals surface area (Å²) in [6.07, 6.45) is 1.41. The lowest BCUT2D eigenvalue weighted by atomic mass is 10.2. The number of benzene rings is 2. The smallest absolute Gasteiger partial charge is 0.232 e. The summed E-state index contributed by atoms with van der Waals surface area (Å²) < 4.78 is 39.9. The molecule has 9 heteroatoms. The molecule has 6 nitrogen and oxygen atoms in total. The van der Waals surface area contributed by atoms with Crippen molar-refractivity contribution >= 4 is 49.0 Å². The zero-order valence-electron chi connectivity index (χ0n) is 15.3. The van der Waals surface area contributed by atoms with Crippen LogP contribution in [-0.4, -0.2) is 31.7 Å². The third-order valence-corrected chi connectivity index (χ3v) is 7.81. The average molecular weight is 437 g/mol. The molecule has 1 aromatic heterocycles. The molecular weight excluding hydrogens is 416 g/mol. The second-order valence-electron chi connectivity index (χ2n) is 6.50. The molecule has 1 aliphatic heterocycles. The lowest BCUT2D eigenvalue weighted by Crippen LogP contribution is -2.16. The number of anilines is 1. The Labute approximate surface area is 172 Å². The Morgan fingerprint density at radius 1 is 1.18 bits per heavy atom. The molecule has 148 valence electrons. The van der Waals surface area contributed by atoms with Gasteiger partial charge in [-0.2, -0.15) is 0 Å². The predicted octanol–water partition coefficient (Wildman–Crippen LogP) is 4.65. The number of thiazole rings is 1. The van der Waals surface area contributed by atoms with Crippen molar-refractivity contribution in [1.82, 2.24) is 4.98 Å². The number of ether oxygens (including phenoxy) is 2. The van der Waals surface area contributed by atoms with Crippen LogP contribution in [0, 0.1) is 6.92 Å². The first kappa shape index (κ1) is 19.4. The summed E-state index contributed by atoms with van der Waals surface area (Å²) in [6.45, 7) is 2.20. The molecule has 3 aromatic rings. The van der Waals surface area contributed by atoms with Crippen LogP contribution in [0.3, 0.4) is 0 Å². The standard InChI is InChI=1S/C19H20N2O4S3/c1-13-5-4-6-14(9-13)21-28(22,23)8-3-2-7-26-19-20-15-10-16-17(25-12-24-16)11-18(15)27-19/h4-6,9-11,21H,2-3,7-8,12H2,1H3. The minimum Gasteiger partial charge on any atom is -0.454 e.